The molecule has 2 nitrogen and oxygen atoms in total. The van der Waals surface area contributed by atoms with Crippen LogP contribution in [-0.2, 0) is 5.54 Å². The van der Waals surface area contributed by atoms with E-state index in [1.54, 1.807) is 5.51 Å². The minimum atomic E-state index is -2.72. The van der Waals surface area contributed by atoms with Crippen molar-refractivity contribution in [3.05, 3.63) is 16.1 Å². The van der Waals surface area contributed by atoms with E-state index in [0.29, 0.717) is 10.8 Å². The monoisotopic (exact) mass is 216 g/mol. The van der Waals surface area contributed by atoms with E-state index in [1.165, 1.54) is 11.3 Å². The van der Waals surface area contributed by atoms with Crippen LogP contribution in [0.5, 0.6) is 0 Å². The molecule has 0 radical (unpaired) electrons. The first-order chi connectivity index (χ1) is 6.55. The molecule has 0 bridgehead atoms. The van der Waals surface area contributed by atoms with Crippen LogP contribution in [0.25, 0.3) is 0 Å². The van der Waals surface area contributed by atoms with Crippen LogP contribution in [0.1, 0.15) is 35.8 Å². The fourth-order valence-electron chi connectivity index (χ4n) is 1.79. The van der Waals surface area contributed by atoms with Crippen LogP contribution in [-0.4, -0.2) is 10.9 Å². The number of nitrogens with two attached hydrogens (primary N) is 1. The van der Waals surface area contributed by atoms with Crippen LogP contribution < -0.4 is 5.73 Å². The summed E-state index contributed by atoms with van der Waals surface area (Å²) in [6, 6.07) is 0. The standard InChI is InChI=1S/C9H10F2N2S/c10-9(11)3-8(9,12)7-6(5-1-2-5)13-4-14-7/h4-5H,1-3,12H2. The van der Waals surface area contributed by atoms with Crippen LogP contribution in [0, 0.1) is 0 Å². The molecule has 1 atom stereocenters. The van der Waals surface area contributed by atoms with Gasteiger partial charge in [0.05, 0.1) is 16.1 Å². The van der Waals surface area contributed by atoms with Gasteiger partial charge in [-0.05, 0) is 12.8 Å². The Morgan fingerprint density at radius 3 is 2.64 bits per heavy atom. The third-order valence-electron chi connectivity index (χ3n) is 2.99. The van der Waals surface area contributed by atoms with Gasteiger partial charge in [-0.2, -0.15) is 0 Å². The molecule has 1 heterocycles. The average Bonchev–Trinajstić information content (AvgIpc) is 2.94. The highest BCUT2D eigenvalue weighted by Gasteiger charge is 2.71. The van der Waals surface area contributed by atoms with Gasteiger partial charge in [-0.3, -0.25) is 0 Å². The zero-order valence-corrected chi connectivity index (χ0v) is 8.28. The lowest BCUT2D eigenvalue weighted by molar-refractivity contribution is 0.0897. The Balaban J connectivity index is 2.00. The molecule has 2 aliphatic carbocycles. The number of hydrogen-bond donors (Lipinski definition) is 1. The molecule has 0 aromatic carbocycles. The average molecular weight is 216 g/mol. The Morgan fingerprint density at radius 2 is 2.14 bits per heavy atom. The van der Waals surface area contributed by atoms with E-state index in [4.69, 9.17) is 5.73 Å². The summed E-state index contributed by atoms with van der Waals surface area (Å²) in [6.45, 7) is 0. The smallest absolute Gasteiger partial charge is 0.273 e. The maximum absolute atomic E-state index is 13.1. The molecule has 2 fully saturated rings. The number of thiazole rings is 1. The quantitative estimate of drug-likeness (QED) is 0.823. The van der Waals surface area contributed by atoms with Crippen LogP contribution in [0.4, 0.5) is 8.78 Å². The highest BCUT2D eigenvalue weighted by molar-refractivity contribution is 7.10. The first-order valence-electron chi connectivity index (χ1n) is 4.65. The van der Waals surface area contributed by atoms with Gasteiger partial charge in [0.25, 0.3) is 5.92 Å². The predicted molar refractivity (Wildman–Crippen MR) is 49.5 cm³/mol. The summed E-state index contributed by atoms with van der Waals surface area (Å²) in [5.41, 5.74) is 6.74. The first-order valence-corrected chi connectivity index (χ1v) is 5.53. The predicted octanol–water partition coefficient (Wildman–Crippen LogP) is 2.21. The van der Waals surface area contributed by atoms with Crippen LogP contribution >= 0.6 is 11.3 Å². The Kier molecular flexibility index (Phi) is 1.46. The fraction of sp³-hybridized carbons (Fsp3) is 0.667. The molecule has 14 heavy (non-hydrogen) atoms. The molecule has 3 rings (SSSR count). The molecule has 2 N–H and O–H groups in total. The Hall–Kier alpha value is -0.550. The largest absolute Gasteiger partial charge is 0.316 e. The summed E-state index contributed by atoms with van der Waals surface area (Å²) in [5.74, 6) is -2.32. The van der Waals surface area contributed by atoms with Crippen molar-refractivity contribution in [3.8, 4) is 0 Å². The van der Waals surface area contributed by atoms with Gasteiger partial charge >= 0.3 is 0 Å². The lowest BCUT2D eigenvalue weighted by Gasteiger charge is -2.09. The molecular weight excluding hydrogens is 206 g/mol. The van der Waals surface area contributed by atoms with Crippen molar-refractivity contribution in [2.45, 2.75) is 36.6 Å². The van der Waals surface area contributed by atoms with Crippen molar-refractivity contribution in [1.82, 2.24) is 4.98 Å². The number of alkyl halides is 2. The van der Waals surface area contributed by atoms with E-state index in [2.05, 4.69) is 4.98 Å². The first kappa shape index (κ1) is 8.73. The second-order valence-corrected chi connectivity index (χ2v) is 5.05. The second kappa shape index (κ2) is 2.33. The zero-order valence-electron chi connectivity index (χ0n) is 7.46. The minimum Gasteiger partial charge on any atom is -0.316 e. The maximum Gasteiger partial charge on any atom is 0.273 e. The number of nitrogens with zero attached hydrogens (tertiary/aromatic N) is 1. The summed E-state index contributed by atoms with van der Waals surface area (Å²) in [5, 5.41) is 0. The van der Waals surface area contributed by atoms with Crippen LogP contribution in [0.15, 0.2) is 5.51 Å². The van der Waals surface area contributed by atoms with Gasteiger partial charge in [-0.25, -0.2) is 13.8 Å². The summed E-state index contributed by atoms with van der Waals surface area (Å²) >= 11 is 1.27. The molecule has 1 aromatic heterocycles. The number of halogens is 2. The molecule has 0 spiro atoms. The number of rotatable bonds is 2. The van der Waals surface area contributed by atoms with Crippen LogP contribution in [0.2, 0.25) is 0 Å². The lowest BCUT2D eigenvalue weighted by Crippen LogP contribution is -2.27. The highest BCUT2D eigenvalue weighted by Crippen LogP contribution is 2.60. The molecule has 2 saturated carbocycles. The van der Waals surface area contributed by atoms with E-state index in [-0.39, 0.29) is 6.42 Å². The topological polar surface area (TPSA) is 38.9 Å². The van der Waals surface area contributed by atoms with Gasteiger partial charge in [0.1, 0.15) is 5.54 Å². The van der Waals surface area contributed by atoms with E-state index >= 15 is 0 Å². The zero-order chi connectivity index (χ0) is 9.97. The van der Waals surface area contributed by atoms with Gasteiger partial charge in [-0.15, -0.1) is 11.3 Å². The summed E-state index contributed by atoms with van der Waals surface area (Å²) in [7, 11) is 0. The normalized spacial score (nSPS) is 34.5. The van der Waals surface area contributed by atoms with E-state index in [9.17, 15) is 8.78 Å². The van der Waals surface area contributed by atoms with Gasteiger partial charge in [0, 0.05) is 12.3 Å². The third-order valence-corrected chi connectivity index (χ3v) is 4.01. The molecule has 0 saturated heterocycles. The van der Waals surface area contributed by atoms with Crippen LogP contribution in [0.3, 0.4) is 0 Å². The van der Waals surface area contributed by atoms with Crippen molar-refractivity contribution in [2.24, 2.45) is 5.73 Å². The molecule has 5 heteroatoms. The van der Waals surface area contributed by atoms with Crippen molar-refractivity contribution in [2.75, 3.05) is 0 Å². The molecule has 2 aliphatic rings. The van der Waals surface area contributed by atoms with Crippen molar-refractivity contribution >= 4 is 11.3 Å². The lowest BCUT2D eigenvalue weighted by atomic mass is 10.1. The van der Waals surface area contributed by atoms with Crippen molar-refractivity contribution in [3.63, 3.8) is 0 Å². The van der Waals surface area contributed by atoms with Gasteiger partial charge in [0.2, 0.25) is 0 Å². The van der Waals surface area contributed by atoms with E-state index < -0.39 is 11.5 Å². The molecule has 1 aromatic rings. The summed E-state index contributed by atoms with van der Waals surface area (Å²) in [4.78, 5) is 4.77. The third kappa shape index (κ3) is 0.995. The van der Waals surface area contributed by atoms with Crippen molar-refractivity contribution in [1.29, 1.82) is 0 Å². The Morgan fingerprint density at radius 1 is 1.50 bits per heavy atom. The molecule has 1 unspecified atom stereocenters. The Bertz CT molecular complexity index is 386. The van der Waals surface area contributed by atoms with Gasteiger partial charge in [-0.1, -0.05) is 0 Å². The number of aromatic nitrogens is 1. The Labute approximate surface area is 84.1 Å². The molecule has 0 aliphatic heterocycles. The maximum atomic E-state index is 13.1. The molecular formula is C9H10F2N2S. The highest BCUT2D eigenvalue weighted by atomic mass is 32.1. The van der Waals surface area contributed by atoms with Gasteiger partial charge in [0.15, 0.2) is 0 Å². The summed E-state index contributed by atoms with van der Waals surface area (Å²) in [6.07, 6.45) is 1.92. The molecule has 76 valence electrons. The minimum absolute atomic E-state index is 0.220. The SMILES string of the molecule is NC1(c2scnc2C2CC2)CC1(F)F. The van der Waals surface area contributed by atoms with Crippen molar-refractivity contribution < 1.29 is 8.78 Å². The van der Waals surface area contributed by atoms with Gasteiger partial charge < -0.3 is 5.73 Å². The number of hydrogen-bond acceptors (Lipinski definition) is 3. The van der Waals surface area contributed by atoms with E-state index in [0.717, 1.165) is 18.5 Å². The molecule has 0 amide bonds. The fourth-order valence-corrected chi connectivity index (χ4v) is 2.83. The summed E-state index contributed by atoms with van der Waals surface area (Å²) < 4.78 is 26.1. The second-order valence-electron chi connectivity index (χ2n) is 4.19. The van der Waals surface area contributed by atoms with E-state index in [1.807, 2.05) is 0 Å².